The number of para-hydroxylation sites is 1. The molecule has 3 rings (SSSR count). The molecule has 0 aliphatic heterocycles. The zero-order valence-corrected chi connectivity index (χ0v) is 14.2. The molecule has 1 aromatic carbocycles. The second kappa shape index (κ2) is 8.52. The van der Waals surface area contributed by atoms with Crippen LogP contribution < -0.4 is 10.6 Å². The second-order valence-electron chi connectivity index (χ2n) is 5.23. The van der Waals surface area contributed by atoms with Crippen LogP contribution in [0.2, 0.25) is 0 Å². The molecule has 2 aromatic heterocycles. The minimum absolute atomic E-state index is 0.309. The topological polar surface area (TPSA) is 102 Å². The highest BCUT2D eigenvalue weighted by atomic mass is 16.5. The van der Waals surface area contributed by atoms with Gasteiger partial charge >= 0.3 is 5.97 Å². The van der Waals surface area contributed by atoms with Crippen molar-refractivity contribution in [2.45, 2.75) is 13.5 Å². The summed E-state index contributed by atoms with van der Waals surface area (Å²) in [5, 5.41) is 14.0. The van der Waals surface area contributed by atoms with Crippen molar-refractivity contribution >= 4 is 23.4 Å². The average Bonchev–Trinajstić information content (AvgIpc) is 2.68. The molecule has 0 fully saturated rings. The van der Waals surface area contributed by atoms with E-state index in [1.165, 1.54) is 6.20 Å². The highest BCUT2D eigenvalue weighted by molar-refractivity contribution is 5.96. The highest BCUT2D eigenvalue weighted by Gasteiger charge is 2.12. The van der Waals surface area contributed by atoms with Crippen molar-refractivity contribution in [3.63, 3.8) is 0 Å². The zero-order chi connectivity index (χ0) is 18.2. The molecule has 0 aliphatic rings. The molecule has 3 aromatic rings. The van der Waals surface area contributed by atoms with Crippen LogP contribution in [0.25, 0.3) is 0 Å². The summed E-state index contributed by atoms with van der Waals surface area (Å²) in [6.45, 7) is 2.55. The Bertz CT molecular complexity index is 872. The standard InChI is InChI=1S/C18H18N6O2/c1-2-26-17(25)14-8-3-4-9-15(14)22-16-12-21-24-18(23-16)20-11-13-7-5-6-10-19-13/h3-10,12H,2,11H2,1H3,(H2,20,22,23,24). The van der Waals surface area contributed by atoms with E-state index in [1.807, 2.05) is 24.3 Å². The number of carbonyl (C=O) groups is 1. The molecule has 0 bridgehead atoms. The summed E-state index contributed by atoms with van der Waals surface area (Å²) in [6.07, 6.45) is 3.20. The number of ether oxygens (including phenoxy) is 1. The summed E-state index contributed by atoms with van der Waals surface area (Å²) in [5.74, 6) is 0.417. The Morgan fingerprint density at radius 3 is 2.81 bits per heavy atom. The Balaban J connectivity index is 1.72. The van der Waals surface area contributed by atoms with Crippen molar-refractivity contribution in [2.24, 2.45) is 0 Å². The molecule has 0 unspecified atom stereocenters. The fourth-order valence-electron chi connectivity index (χ4n) is 2.23. The van der Waals surface area contributed by atoms with Gasteiger partial charge in [-0.1, -0.05) is 18.2 Å². The Labute approximate surface area is 150 Å². The molecule has 132 valence electrons. The van der Waals surface area contributed by atoms with E-state index in [0.29, 0.717) is 36.2 Å². The molecule has 2 heterocycles. The van der Waals surface area contributed by atoms with Gasteiger partial charge < -0.3 is 15.4 Å². The Kier molecular flexibility index (Phi) is 5.66. The maximum atomic E-state index is 12.1. The van der Waals surface area contributed by atoms with Crippen LogP contribution in [0.3, 0.4) is 0 Å². The van der Waals surface area contributed by atoms with Gasteiger partial charge in [0.1, 0.15) is 0 Å². The lowest BCUT2D eigenvalue weighted by Gasteiger charge is -2.11. The summed E-state index contributed by atoms with van der Waals surface area (Å²) in [7, 11) is 0. The van der Waals surface area contributed by atoms with Gasteiger partial charge in [0, 0.05) is 6.20 Å². The number of nitrogens with one attached hydrogen (secondary N) is 2. The number of nitrogens with zero attached hydrogens (tertiary/aromatic N) is 4. The number of aromatic nitrogens is 4. The first-order valence-electron chi connectivity index (χ1n) is 8.13. The predicted octanol–water partition coefficient (Wildman–Crippen LogP) is 2.80. The SMILES string of the molecule is CCOC(=O)c1ccccc1Nc1cnnc(NCc2ccccn2)n1. The Morgan fingerprint density at radius 1 is 1.15 bits per heavy atom. The van der Waals surface area contributed by atoms with Crippen molar-refractivity contribution in [3.05, 3.63) is 66.1 Å². The summed E-state index contributed by atoms with van der Waals surface area (Å²) in [5.41, 5.74) is 1.88. The molecule has 26 heavy (non-hydrogen) atoms. The first kappa shape index (κ1) is 17.3. The lowest BCUT2D eigenvalue weighted by atomic mass is 10.2. The zero-order valence-electron chi connectivity index (χ0n) is 14.2. The number of hydrogen-bond acceptors (Lipinski definition) is 8. The molecule has 0 radical (unpaired) electrons. The molecule has 0 atom stereocenters. The maximum Gasteiger partial charge on any atom is 0.340 e. The summed E-state index contributed by atoms with van der Waals surface area (Å²) >= 11 is 0. The highest BCUT2D eigenvalue weighted by Crippen LogP contribution is 2.20. The number of esters is 1. The van der Waals surface area contributed by atoms with Crippen LogP contribution in [0.15, 0.2) is 54.9 Å². The van der Waals surface area contributed by atoms with Crippen molar-refractivity contribution < 1.29 is 9.53 Å². The predicted molar refractivity (Wildman–Crippen MR) is 97.1 cm³/mol. The average molecular weight is 350 g/mol. The molecule has 0 amide bonds. The third-order valence-corrected chi connectivity index (χ3v) is 3.40. The smallest absolute Gasteiger partial charge is 0.340 e. The number of hydrogen-bond donors (Lipinski definition) is 2. The van der Waals surface area contributed by atoms with Gasteiger partial charge in [-0.2, -0.15) is 10.1 Å². The normalized spacial score (nSPS) is 10.2. The molecule has 0 saturated heterocycles. The first-order chi connectivity index (χ1) is 12.8. The van der Waals surface area contributed by atoms with Gasteiger partial charge in [-0.15, -0.1) is 5.10 Å². The molecular formula is C18H18N6O2. The van der Waals surface area contributed by atoms with Crippen LogP contribution in [0, 0.1) is 0 Å². The van der Waals surface area contributed by atoms with E-state index in [2.05, 4.69) is 30.8 Å². The van der Waals surface area contributed by atoms with E-state index in [4.69, 9.17) is 4.74 Å². The van der Waals surface area contributed by atoms with Crippen molar-refractivity contribution in [1.82, 2.24) is 20.2 Å². The second-order valence-corrected chi connectivity index (χ2v) is 5.23. The van der Waals surface area contributed by atoms with E-state index >= 15 is 0 Å². The van der Waals surface area contributed by atoms with E-state index in [0.717, 1.165) is 5.69 Å². The Hall–Kier alpha value is -3.55. The van der Waals surface area contributed by atoms with E-state index in [9.17, 15) is 4.79 Å². The molecule has 8 nitrogen and oxygen atoms in total. The fourth-order valence-corrected chi connectivity index (χ4v) is 2.23. The lowest BCUT2D eigenvalue weighted by Crippen LogP contribution is -2.10. The van der Waals surface area contributed by atoms with Crippen molar-refractivity contribution in [1.29, 1.82) is 0 Å². The molecular weight excluding hydrogens is 332 g/mol. The molecule has 0 saturated carbocycles. The minimum atomic E-state index is -0.397. The maximum absolute atomic E-state index is 12.1. The quantitative estimate of drug-likeness (QED) is 0.627. The first-order valence-corrected chi connectivity index (χ1v) is 8.13. The summed E-state index contributed by atoms with van der Waals surface area (Å²) < 4.78 is 5.07. The van der Waals surface area contributed by atoms with Crippen molar-refractivity contribution in [3.8, 4) is 0 Å². The van der Waals surface area contributed by atoms with Gasteiger partial charge in [-0.05, 0) is 31.2 Å². The van der Waals surface area contributed by atoms with Crippen LogP contribution in [0.1, 0.15) is 23.0 Å². The van der Waals surface area contributed by atoms with Crippen molar-refractivity contribution in [2.75, 3.05) is 17.2 Å². The van der Waals surface area contributed by atoms with Crippen LogP contribution in [-0.2, 0) is 11.3 Å². The van der Waals surface area contributed by atoms with Gasteiger partial charge in [-0.3, -0.25) is 4.98 Å². The third kappa shape index (κ3) is 4.50. The van der Waals surface area contributed by atoms with Crippen LogP contribution in [-0.4, -0.2) is 32.7 Å². The molecule has 8 heteroatoms. The molecule has 0 spiro atoms. The van der Waals surface area contributed by atoms with E-state index < -0.39 is 5.97 Å². The lowest BCUT2D eigenvalue weighted by molar-refractivity contribution is 0.0527. The number of benzene rings is 1. The minimum Gasteiger partial charge on any atom is -0.462 e. The van der Waals surface area contributed by atoms with Gasteiger partial charge in [0.05, 0.1) is 36.3 Å². The summed E-state index contributed by atoms with van der Waals surface area (Å²) in [6, 6.07) is 12.7. The fraction of sp³-hybridized carbons (Fsp3) is 0.167. The number of anilines is 3. The number of carbonyl (C=O) groups excluding carboxylic acids is 1. The van der Waals surface area contributed by atoms with Gasteiger partial charge in [0.2, 0.25) is 5.95 Å². The van der Waals surface area contributed by atoms with E-state index in [-0.39, 0.29) is 0 Å². The van der Waals surface area contributed by atoms with Gasteiger partial charge in [0.15, 0.2) is 5.82 Å². The number of pyridine rings is 1. The largest absolute Gasteiger partial charge is 0.462 e. The molecule has 0 aliphatic carbocycles. The van der Waals surface area contributed by atoms with Crippen LogP contribution in [0.5, 0.6) is 0 Å². The van der Waals surface area contributed by atoms with Crippen LogP contribution >= 0.6 is 0 Å². The monoisotopic (exact) mass is 350 g/mol. The van der Waals surface area contributed by atoms with Crippen LogP contribution in [0.4, 0.5) is 17.5 Å². The Morgan fingerprint density at radius 2 is 2.00 bits per heavy atom. The molecule has 2 N–H and O–H groups in total. The number of rotatable bonds is 7. The van der Waals surface area contributed by atoms with E-state index in [1.54, 1.807) is 31.3 Å². The van der Waals surface area contributed by atoms with Gasteiger partial charge in [-0.25, -0.2) is 4.79 Å². The van der Waals surface area contributed by atoms with Gasteiger partial charge in [0.25, 0.3) is 0 Å². The third-order valence-electron chi connectivity index (χ3n) is 3.40. The summed E-state index contributed by atoms with van der Waals surface area (Å²) in [4.78, 5) is 20.6.